The van der Waals surface area contributed by atoms with E-state index in [-0.39, 0.29) is 131 Å². The standard InChI is InChI=1S/2C4H9NO.3CH3.2ClH.6Ti/c2*1-2-3-4(5)6;;;;;;;;;;;/h2*2-3H2,1H3,(H2,5,6);3*1H3;2*1H;;;;;;/q;;3*-1;;;;;;;2*+2/p-4. The first-order valence-corrected chi connectivity index (χ1v) is 8.70. The van der Waals surface area contributed by atoms with Crippen molar-refractivity contribution in [3.8, 4) is 0 Å². The molecule has 132 valence electrons. The van der Waals surface area contributed by atoms with Crippen LogP contribution in [0.5, 0.6) is 0 Å². The van der Waals surface area contributed by atoms with Gasteiger partial charge >= 0.3 is 57.4 Å². The molecule has 0 spiro atoms. The number of halogens is 2. The molecular formula is C11H25Cl2N2O2Ti6-3. The van der Waals surface area contributed by atoms with E-state index in [9.17, 15) is 9.59 Å². The topological polar surface area (TPSA) is 81.7 Å². The molecule has 0 unspecified atom stereocenters. The zero-order chi connectivity index (χ0) is 12.7. The molecule has 0 bridgehead atoms. The number of carbonyl (C=O) groups excluding carboxylic acids is 2. The number of hydrogen-bond acceptors (Lipinski definition) is 2. The summed E-state index contributed by atoms with van der Waals surface area (Å²) < 4.78 is 0. The van der Waals surface area contributed by atoms with Gasteiger partial charge in [-0.05, 0) is 12.8 Å². The zero-order valence-corrected chi connectivity index (χ0v) is 25.3. The van der Waals surface area contributed by atoms with Crippen LogP contribution in [0.1, 0.15) is 39.5 Å². The summed E-state index contributed by atoms with van der Waals surface area (Å²) in [5, 5.41) is 0. The molecule has 0 aliphatic rings. The van der Waals surface area contributed by atoms with Crippen molar-refractivity contribution in [1.29, 1.82) is 0 Å². The van der Waals surface area contributed by atoms with E-state index < -0.39 is 28.8 Å². The summed E-state index contributed by atoms with van der Waals surface area (Å²) in [6.07, 6.45) is 2.39. The molecule has 0 saturated heterocycles. The minimum atomic E-state index is -0.556. The molecule has 0 aromatic heterocycles. The second-order valence-corrected chi connectivity index (χ2v) is 5.00. The van der Waals surface area contributed by atoms with Gasteiger partial charge in [0.05, 0.1) is 0 Å². The number of rotatable bonds is 4. The largest absolute Gasteiger partial charge is 2.00 e. The molecule has 0 aromatic carbocycles. The Kier molecular flexibility index (Phi) is 225. The summed E-state index contributed by atoms with van der Waals surface area (Å²) in [5.41, 5.74) is 12.7. The van der Waals surface area contributed by atoms with Crippen molar-refractivity contribution in [1.82, 2.24) is 0 Å². The summed E-state index contributed by atoms with van der Waals surface area (Å²) in [4.78, 5) is 19.4. The van der Waals surface area contributed by atoms with Crippen LogP contribution in [-0.4, -0.2) is 11.8 Å². The molecule has 0 aliphatic carbocycles. The first-order chi connectivity index (χ1) is 6.95. The van der Waals surface area contributed by atoms with E-state index in [4.69, 9.17) is 30.1 Å². The number of amides is 2. The van der Waals surface area contributed by atoms with Crippen LogP contribution in [0.25, 0.3) is 11.5 Å². The van der Waals surface area contributed by atoms with Crippen LogP contribution in [0.15, 0.2) is 0 Å². The number of nitrogens with one attached hydrogen (secondary N) is 2. The monoisotopic (exact) mass is 575 g/mol. The van der Waals surface area contributed by atoms with Gasteiger partial charge in [-0.1, -0.05) is 26.7 Å². The predicted octanol–water partition coefficient (Wildman–Crippen LogP) is 5.45. The van der Waals surface area contributed by atoms with Gasteiger partial charge < -0.3 is 43.3 Å². The molecule has 2 N–H and O–H groups in total. The quantitative estimate of drug-likeness (QED) is 0.330. The van der Waals surface area contributed by atoms with Crippen LogP contribution in [0.4, 0.5) is 0 Å². The molecule has 2 amide bonds. The third kappa shape index (κ3) is 152. The summed E-state index contributed by atoms with van der Waals surface area (Å²) in [6, 6.07) is 0. The Morgan fingerprint density at radius 2 is 0.913 bits per heavy atom. The van der Waals surface area contributed by atoms with Gasteiger partial charge in [0.2, 0.25) is 0 Å². The van der Waals surface area contributed by atoms with Crippen LogP contribution in [0.3, 0.4) is 0 Å². The molecule has 0 aliphatic heterocycles. The Labute approximate surface area is 235 Å². The van der Waals surface area contributed by atoms with E-state index in [1.807, 2.05) is 13.8 Å². The van der Waals surface area contributed by atoms with Crippen molar-refractivity contribution in [2.24, 2.45) is 0 Å². The van der Waals surface area contributed by atoms with Crippen molar-refractivity contribution in [2.45, 2.75) is 39.5 Å². The van der Waals surface area contributed by atoms with Gasteiger partial charge in [-0.3, -0.25) is 0 Å². The zero-order valence-electron chi connectivity index (χ0n) is 14.4. The number of hydrogen-bond donors (Lipinski definition) is 0. The van der Waals surface area contributed by atoms with Gasteiger partial charge in [-0.2, -0.15) is 0 Å². The maximum atomic E-state index is 9.71. The van der Waals surface area contributed by atoms with Crippen molar-refractivity contribution in [3.05, 3.63) is 33.7 Å². The smallest absolute Gasteiger partial charge is 0 e. The Morgan fingerprint density at radius 3 is 0.913 bits per heavy atom. The fraction of sp³-hybridized carbons (Fsp3) is 0.545. The van der Waals surface area contributed by atoms with Crippen LogP contribution in [0.2, 0.25) is 0 Å². The summed E-state index contributed by atoms with van der Waals surface area (Å²) in [6.45, 7) is 3.76. The van der Waals surface area contributed by atoms with Crippen LogP contribution >= 0.6 is 18.6 Å². The van der Waals surface area contributed by atoms with Gasteiger partial charge in [0.25, 0.3) is 0 Å². The van der Waals surface area contributed by atoms with Crippen molar-refractivity contribution >= 4 is 30.4 Å². The minimum Gasteiger partial charge on any atom is 0 e. The minimum absolute atomic E-state index is 0. The molecule has 23 heavy (non-hydrogen) atoms. The van der Waals surface area contributed by atoms with Crippen LogP contribution in [-0.2, 0) is 135 Å². The van der Waals surface area contributed by atoms with Crippen LogP contribution < -0.4 is 0 Å². The van der Waals surface area contributed by atoms with Gasteiger partial charge in [0.1, 0.15) is 0 Å². The molecular weight excluding hydrogens is 550 g/mol. The van der Waals surface area contributed by atoms with Crippen molar-refractivity contribution in [2.75, 3.05) is 0 Å². The molecule has 0 radical (unpaired) electrons. The maximum absolute atomic E-state index is 9.71. The third-order valence-electron chi connectivity index (χ3n) is 0.954. The molecule has 0 aromatic rings. The molecule has 0 fully saturated rings. The van der Waals surface area contributed by atoms with E-state index in [1.165, 1.54) is 0 Å². The molecule has 0 heterocycles. The van der Waals surface area contributed by atoms with Gasteiger partial charge in [-0.15, -0.1) is 0 Å². The fourth-order valence-corrected chi connectivity index (χ4v) is 0.454. The van der Waals surface area contributed by atoms with E-state index in [1.54, 1.807) is 0 Å². The first kappa shape index (κ1) is 71.5. The van der Waals surface area contributed by atoms with Crippen LogP contribution in [0, 0.1) is 22.3 Å². The van der Waals surface area contributed by atoms with Gasteiger partial charge in [0, 0.05) is 98.7 Å². The normalized spacial score (nSPS) is 4.87. The van der Waals surface area contributed by atoms with Gasteiger partial charge in [0.15, 0.2) is 0 Å². The van der Waals surface area contributed by atoms with E-state index in [2.05, 4.69) is 0 Å². The van der Waals surface area contributed by atoms with E-state index in [0.717, 1.165) is 12.8 Å². The van der Waals surface area contributed by atoms with Crippen molar-refractivity contribution < 1.29 is 135 Å². The Morgan fingerprint density at radius 1 is 0.783 bits per heavy atom. The maximum Gasteiger partial charge on any atom is 2.00 e. The first-order valence-electron chi connectivity index (χ1n) is 4.41. The Bertz CT molecular complexity index is 159. The molecule has 0 saturated carbocycles. The molecule has 0 rings (SSSR count). The Balaban J connectivity index is -0.00000000918. The molecule has 12 heteroatoms. The predicted molar refractivity (Wildman–Crippen MR) is 79.4 cm³/mol. The summed E-state index contributed by atoms with van der Waals surface area (Å²) in [7, 11) is 9.78. The average Bonchev–Trinajstić information content (AvgIpc) is 2.05. The molecule has 0 atom stereocenters. The fourth-order valence-electron chi connectivity index (χ4n) is 0.454. The SMILES string of the molecule is CCCC([NH-])=O.CCCC([NH-])=O.[CH3-].[CH3-].[CH3-].[Cl][Ti][Cl].[Ti+2].[Ti].[Ti].[Ti].[Ti]. The van der Waals surface area contributed by atoms with E-state index in [0.29, 0.717) is 12.8 Å². The Hall–Kier alpha value is 3.81. The van der Waals surface area contributed by atoms with Gasteiger partial charge in [-0.25, -0.2) is 0 Å². The third-order valence-corrected chi connectivity index (χ3v) is 0.954. The summed E-state index contributed by atoms with van der Waals surface area (Å²) >= 11 is -0.556. The molecule has 4 nitrogen and oxygen atoms in total. The summed E-state index contributed by atoms with van der Waals surface area (Å²) in [5.74, 6) is -0.921. The number of carbonyl (C=O) groups is 2. The second kappa shape index (κ2) is 72.4. The average molecular weight is 575 g/mol. The second-order valence-electron chi connectivity index (χ2n) is 2.42. The van der Waals surface area contributed by atoms with E-state index >= 15 is 0 Å². The van der Waals surface area contributed by atoms with Crippen molar-refractivity contribution in [3.63, 3.8) is 0 Å².